The normalized spacial score (nSPS) is 11.6. The van der Waals surface area contributed by atoms with E-state index in [0.29, 0.717) is 0 Å². The smallest absolute Gasteiger partial charge is 0.0540 e. The van der Waals surface area contributed by atoms with E-state index in [1.54, 1.807) is 0 Å². The number of hydrogen-bond acceptors (Lipinski definition) is 2. The molecule has 262 valence electrons. The van der Waals surface area contributed by atoms with Gasteiger partial charge in [-0.1, -0.05) is 164 Å². The molecule has 0 aliphatic rings. The minimum Gasteiger partial charge on any atom is -0.310 e. The van der Waals surface area contributed by atoms with Crippen molar-refractivity contribution in [2.75, 3.05) is 9.80 Å². The molecule has 0 amide bonds. The second-order valence-corrected chi connectivity index (χ2v) is 14.5. The molecule has 0 unspecified atom stereocenters. The standard InChI is InChI=1S/C54H36N2/c1-3-17-42(18-4-1)55(44-31-25-39(26-32-44)46-23-11-15-37-13-7-9-21-45(37)46)51-35-29-40-28-34-49-52(36-30-41-27-33-48(51)53(40)54(41)49)56(43-19-5-2-6-20-43)50-24-12-16-38-14-8-10-22-47(38)50/h1-36H. The Kier molecular flexibility index (Phi) is 7.53. The van der Waals surface area contributed by atoms with Crippen LogP contribution in [0.15, 0.2) is 218 Å². The molecule has 2 heteroatoms. The van der Waals surface area contributed by atoms with Crippen LogP contribution in [0.4, 0.5) is 34.1 Å². The molecule has 2 nitrogen and oxygen atoms in total. The maximum absolute atomic E-state index is 2.43. The van der Waals surface area contributed by atoms with E-state index in [1.807, 2.05) is 0 Å². The summed E-state index contributed by atoms with van der Waals surface area (Å²) in [7, 11) is 0. The fourth-order valence-electron chi connectivity index (χ4n) is 8.82. The van der Waals surface area contributed by atoms with Crippen LogP contribution in [-0.2, 0) is 0 Å². The molecule has 11 aromatic rings. The largest absolute Gasteiger partial charge is 0.310 e. The minimum atomic E-state index is 1.11. The van der Waals surface area contributed by atoms with Crippen molar-refractivity contribution in [3.05, 3.63) is 218 Å². The Balaban J connectivity index is 1.12. The summed E-state index contributed by atoms with van der Waals surface area (Å²) in [6.07, 6.45) is 0. The topological polar surface area (TPSA) is 6.48 Å². The average molecular weight is 713 g/mol. The maximum Gasteiger partial charge on any atom is 0.0540 e. The average Bonchev–Trinajstić information content (AvgIpc) is 3.27. The summed E-state index contributed by atoms with van der Waals surface area (Å²) in [5, 5.41) is 12.4. The fourth-order valence-corrected chi connectivity index (χ4v) is 8.82. The Labute approximate surface area is 326 Å². The Morgan fingerprint density at radius 3 is 1.32 bits per heavy atom. The molecule has 0 atom stereocenters. The lowest BCUT2D eigenvalue weighted by atomic mass is 9.91. The lowest BCUT2D eigenvalue weighted by Gasteiger charge is -2.30. The molecule has 0 heterocycles. The molecule has 0 aromatic heterocycles. The van der Waals surface area contributed by atoms with Gasteiger partial charge < -0.3 is 9.80 Å². The first kappa shape index (κ1) is 32.0. The van der Waals surface area contributed by atoms with Crippen molar-refractivity contribution in [3.63, 3.8) is 0 Å². The van der Waals surface area contributed by atoms with Crippen LogP contribution in [-0.4, -0.2) is 0 Å². The number of benzene rings is 11. The van der Waals surface area contributed by atoms with Crippen molar-refractivity contribution < 1.29 is 0 Å². The number of anilines is 6. The molecular formula is C54H36N2. The van der Waals surface area contributed by atoms with Crippen LogP contribution in [0, 0.1) is 0 Å². The third kappa shape index (κ3) is 5.19. The number of nitrogens with zero attached hydrogens (tertiary/aromatic N) is 2. The highest BCUT2D eigenvalue weighted by Gasteiger charge is 2.22. The summed E-state index contributed by atoms with van der Waals surface area (Å²) >= 11 is 0. The van der Waals surface area contributed by atoms with Crippen LogP contribution in [0.3, 0.4) is 0 Å². The van der Waals surface area contributed by atoms with Gasteiger partial charge in [0.2, 0.25) is 0 Å². The zero-order valence-electron chi connectivity index (χ0n) is 30.7. The van der Waals surface area contributed by atoms with E-state index < -0.39 is 0 Å². The van der Waals surface area contributed by atoms with Crippen LogP contribution < -0.4 is 9.80 Å². The van der Waals surface area contributed by atoms with E-state index in [2.05, 4.69) is 228 Å². The van der Waals surface area contributed by atoms with Gasteiger partial charge in [0.05, 0.1) is 17.1 Å². The lowest BCUT2D eigenvalue weighted by molar-refractivity contribution is 1.30. The first-order valence-electron chi connectivity index (χ1n) is 19.3. The van der Waals surface area contributed by atoms with Crippen molar-refractivity contribution >= 4 is 88.0 Å². The highest BCUT2D eigenvalue weighted by Crippen LogP contribution is 2.48. The molecule has 0 bridgehead atoms. The molecule has 56 heavy (non-hydrogen) atoms. The first-order valence-corrected chi connectivity index (χ1v) is 19.3. The van der Waals surface area contributed by atoms with Gasteiger partial charge in [0.25, 0.3) is 0 Å². The molecule has 11 aromatic carbocycles. The molecule has 0 saturated heterocycles. The number of fused-ring (bicyclic) bond motifs is 2. The van der Waals surface area contributed by atoms with Gasteiger partial charge in [0, 0.05) is 33.2 Å². The molecule has 0 N–H and O–H groups in total. The molecule has 0 aliphatic heterocycles. The van der Waals surface area contributed by atoms with E-state index >= 15 is 0 Å². The minimum absolute atomic E-state index is 1.11. The Hall–Kier alpha value is -7.42. The monoisotopic (exact) mass is 712 g/mol. The highest BCUT2D eigenvalue weighted by atomic mass is 15.1. The third-order valence-electron chi connectivity index (χ3n) is 11.4. The van der Waals surface area contributed by atoms with Crippen molar-refractivity contribution in [1.82, 2.24) is 0 Å². The second kappa shape index (κ2) is 13.2. The molecular weight excluding hydrogens is 677 g/mol. The predicted molar refractivity (Wildman–Crippen MR) is 240 cm³/mol. The quantitative estimate of drug-likeness (QED) is 0.152. The first-order chi connectivity index (χ1) is 27.8. The van der Waals surface area contributed by atoms with Crippen LogP contribution in [0.2, 0.25) is 0 Å². The van der Waals surface area contributed by atoms with Crippen molar-refractivity contribution in [2.24, 2.45) is 0 Å². The lowest BCUT2D eigenvalue weighted by Crippen LogP contribution is -2.11. The maximum atomic E-state index is 2.43. The molecule has 0 aliphatic carbocycles. The Bertz CT molecular complexity index is 3180. The van der Waals surface area contributed by atoms with Gasteiger partial charge in [-0.3, -0.25) is 0 Å². The molecule has 11 rings (SSSR count). The third-order valence-corrected chi connectivity index (χ3v) is 11.4. The number of rotatable bonds is 7. The predicted octanol–water partition coefficient (Wildman–Crippen LogP) is 15.5. The fraction of sp³-hybridized carbons (Fsp3) is 0. The molecule has 0 spiro atoms. The van der Waals surface area contributed by atoms with Gasteiger partial charge in [0.1, 0.15) is 0 Å². The van der Waals surface area contributed by atoms with Gasteiger partial charge in [0.15, 0.2) is 0 Å². The molecule has 0 fully saturated rings. The Morgan fingerprint density at radius 2 is 0.679 bits per heavy atom. The van der Waals surface area contributed by atoms with Gasteiger partial charge in [-0.25, -0.2) is 0 Å². The van der Waals surface area contributed by atoms with Gasteiger partial charge in [-0.15, -0.1) is 0 Å². The van der Waals surface area contributed by atoms with Crippen LogP contribution >= 0.6 is 0 Å². The number of para-hydroxylation sites is 2. The van der Waals surface area contributed by atoms with E-state index in [9.17, 15) is 0 Å². The summed E-state index contributed by atoms with van der Waals surface area (Å²) in [5.41, 5.74) is 9.27. The second-order valence-electron chi connectivity index (χ2n) is 14.5. The van der Waals surface area contributed by atoms with Crippen molar-refractivity contribution in [3.8, 4) is 11.1 Å². The van der Waals surface area contributed by atoms with Gasteiger partial charge in [-0.2, -0.15) is 0 Å². The molecule has 0 radical (unpaired) electrons. The zero-order chi connectivity index (χ0) is 37.0. The Morgan fingerprint density at radius 1 is 0.232 bits per heavy atom. The van der Waals surface area contributed by atoms with Gasteiger partial charge >= 0.3 is 0 Å². The van der Waals surface area contributed by atoms with Crippen molar-refractivity contribution in [2.45, 2.75) is 0 Å². The van der Waals surface area contributed by atoms with E-state index in [0.717, 1.165) is 34.1 Å². The summed E-state index contributed by atoms with van der Waals surface area (Å²) in [5.74, 6) is 0. The number of hydrogen-bond donors (Lipinski definition) is 0. The molecule has 0 saturated carbocycles. The van der Waals surface area contributed by atoms with E-state index in [-0.39, 0.29) is 0 Å². The summed E-state index contributed by atoms with van der Waals surface area (Å²) in [6.45, 7) is 0. The summed E-state index contributed by atoms with van der Waals surface area (Å²) < 4.78 is 0. The van der Waals surface area contributed by atoms with Crippen molar-refractivity contribution in [1.29, 1.82) is 0 Å². The van der Waals surface area contributed by atoms with Crippen LogP contribution in [0.1, 0.15) is 0 Å². The van der Waals surface area contributed by atoms with Crippen LogP contribution in [0.25, 0.3) is 65.0 Å². The zero-order valence-corrected chi connectivity index (χ0v) is 30.7. The summed E-state index contributed by atoms with van der Waals surface area (Å²) in [6, 6.07) is 79.5. The van der Waals surface area contributed by atoms with Crippen LogP contribution in [0.5, 0.6) is 0 Å². The summed E-state index contributed by atoms with van der Waals surface area (Å²) in [4.78, 5) is 4.84. The van der Waals surface area contributed by atoms with Gasteiger partial charge in [-0.05, 0) is 103 Å². The van der Waals surface area contributed by atoms with E-state index in [1.165, 1.54) is 65.0 Å². The van der Waals surface area contributed by atoms with E-state index in [4.69, 9.17) is 0 Å². The SMILES string of the molecule is c1ccc(N(c2ccc(-c3cccc4ccccc34)cc2)c2ccc3ccc4c(N(c5ccccc5)c5cccc6ccccc56)ccc5ccc2c3c54)cc1. The highest BCUT2D eigenvalue weighted by molar-refractivity contribution is 6.28.